The minimum absolute atomic E-state index is 0.0579. The van der Waals surface area contributed by atoms with Gasteiger partial charge in [-0.05, 0) is 38.6 Å². The molecule has 0 bridgehead atoms. The fourth-order valence-electron chi connectivity index (χ4n) is 1.16. The van der Waals surface area contributed by atoms with E-state index in [0.29, 0.717) is 19.5 Å². The van der Waals surface area contributed by atoms with Gasteiger partial charge < -0.3 is 15.7 Å². The highest BCUT2D eigenvalue weighted by atomic mass is 16.3. The summed E-state index contributed by atoms with van der Waals surface area (Å²) in [5, 5.41) is 14.8. The monoisotopic (exact) mass is 200 g/mol. The van der Waals surface area contributed by atoms with E-state index >= 15 is 0 Å². The number of rotatable bonds is 7. The minimum atomic E-state index is -0.294. The summed E-state index contributed by atoms with van der Waals surface area (Å²) in [6.07, 6.45) is 2.92. The minimum Gasteiger partial charge on any atom is -0.393 e. The van der Waals surface area contributed by atoms with Crippen molar-refractivity contribution >= 4 is 5.91 Å². The molecule has 1 amide bonds. The molecule has 1 saturated carbocycles. The molecule has 1 rings (SSSR count). The van der Waals surface area contributed by atoms with E-state index in [-0.39, 0.29) is 12.0 Å². The van der Waals surface area contributed by atoms with Gasteiger partial charge in [-0.1, -0.05) is 0 Å². The second-order valence-electron chi connectivity index (χ2n) is 4.06. The molecule has 14 heavy (non-hydrogen) atoms. The maximum absolute atomic E-state index is 11.2. The van der Waals surface area contributed by atoms with Gasteiger partial charge in [0.05, 0.1) is 12.6 Å². The van der Waals surface area contributed by atoms with Gasteiger partial charge in [0.25, 0.3) is 0 Å². The molecule has 0 saturated heterocycles. The first kappa shape index (κ1) is 11.5. The van der Waals surface area contributed by atoms with Gasteiger partial charge in [0.1, 0.15) is 0 Å². The maximum Gasteiger partial charge on any atom is 0.233 e. The Morgan fingerprint density at radius 1 is 1.57 bits per heavy atom. The Kier molecular flexibility index (Phi) is 4.90. The van der Waals surface area contributed by atoms with Crippen LogP contribution in [-0.4, -0.2) is 36.8 Å². The summed E-state index contributed by atoms with van der Waals surface area (Å²) in [5.74, 6) is 0.791. The van der Waals surface area contributed by atoms with Crippen LogP contribution in [0, 0.1) is 5.92 Å². The molecule has 1 unspecified atom stereocenters. The number of amides is 1. The largest absolute Gasteiger partial charge is 0.393 e. The number of nitrogens with one attached hydrogen (secondary N) is 2. The van der Waals surface area contributed by atoms with Gasteiger partial charge in [-0.15, -0.1) is 0 Å². The fraction of sp³-hybridized carbons (Fsp3) is 0.900. The number of hydrogen-bond donors (Lipinski definition) is 3. The third kappa shape index (κ3) is 5.94. The first-order valence-corrected chi connectivity index (χ1v) is 5.34. The molecule has 1 aliphatic carbocycles. The van der Waals surface area contributed by atoms with Gasteiger partial charge in [-0.2, -0.15) is 0 Å². The summed E-state index contributed by atoms with van der Waals surface area (Å²) in [4.78, 5) is 11.2. The van der Waals surface area contributed by atoms with E-state index in [9.17, 15) is 4.79 Å². The van der Waals surface area contributed by atoms with Crippen LogP contribution in [0.1, 0.15) is 26.2 Å². The zero-order valence-corrected chi connectivity index (χ0v) is 8.75. The number of carbonyl (C=O) groups is 1. The average molecular weight is 200 g/mol. The quantitative estimate of drug-likeness (QED) is 0.502. The zero-order valence-electron chi connectivity index (χ0n) is 8.75. The Labute approximate surface area is 85.1 Å². The van der Waals surface area contributed by atoms with Crippen molar-refractivity contribution in [2.75, 3.05) is 19.6 Å². The van der Waals surface area contributed by atoms with Crippen LogP contribution in [0.15, 0.2) is 0 Å². The molecule has 0 radical (unpaired) electrons. The Hall–Kier alpha value is -0.610. The Balaban J connectivity index is 1.86. The van der Waals surface area contributed by atoms with Crippen molar-refractivity contribution in [3.63, 3.8) is 0 Å². The van der Waals surface area contributed by atoms with Crippen LogP contribution in [0.5, 0.6) is 0 Å². The van der Waals surface area contributed by atoms with E-state index in [4.69, 9.17) is 5.11 Å². The van der Waals surface area contributed by atoms with E-state index in [2.05, 4.69) is 10.6 Å². The number of aliphatic hydroxyl groups is 1. The molecule has 4 heteroatoms. The summed E-state index contributed by atoms with van der Waals surface area (Å²) >= 11 is 0. The predicted molar refractivity (Wildman–Crippen MR) is 54.9 cm³/mol. The lowest BCUT2D eigenvalue weighted by molar-refractivity contribution is -0.120. The second kappa shape index (κ2) is 5.98. The van der Waals surface area contributed by atoms with E-state index in [1.54, 1.807) is 6.92 Å². The van der Waals surface area contributed by atoms with Gasteiger partial charge in [0, 0.05) is 6.54 Å². The van der Waals surface area contributed by atoms with Crippen LogP contribution in [0.25, 0.3) is 0 Å². The molecule has 0 aromatic rings. The topological polar surface area (TPSA) is 61.4 Å². The molecule has 0 aromatic heterocycles. The zero-order chi connectivity index (χ0) is 10.4. The summed E-state index contributed by atoms with van der Waals surface area (Å²) in [5.41, 5.74) is 0. The van der Waals surface area contributed by atoms with E-state index in [1.807, 2.05) is 0 Å². The molecule has 0 aliphatic heterocycles. The predicted octanol–water partition coefficient (Wildman–Crippen LogP) is -0.127. The van der Waals surface area contributed by atoms with Gasteiger partial charge in [0.2, 0.25) is 5.91 Å². The normalized spacial score (nSPS) is 17.9. The van der Waals surface area contributed by atoms with Crippen LogP contribution < -0.4 is 10.6 Å². The summed E-state index contributed by atoms with van der Waals surface area (Å²) in [7, 11) is 0. The van der Waals surface area contributed by atoms with Crippen molar-refractivity contribution in [1.29, 1.82) is 0 Å². The SMILES string of the molecule is CC(O)CCNCC(=O)NCC1CC1. The molecule has 4 nitrogen and oxygen atoms in total. The van der Waals surface area contributed by atoms with Crippen LogP contribution in [-0.2, 0) is 4.79 Å². The Morgan fingerprint density at radius 2 is 2.29 bits per heavy atom. The van der Waals surface area contributed by atoms with Crippen molar-refractivity contribution in [3.05, 3.63) is 0 Å². The molecule has 1 aliphatic rings. The number of aliphatic hydroxyl groups excluding tert-OH is 1. The van der Waals surface area contributed by atoms with Gasteiger partial charge in [-0.25, -0.2) is 0 Å². The number of carbonyl (C=O) groups excluding carboxylic acids is 1. The van der Waals surface area contributed by atoms with Crippen LogP contribution >= 0.6 is 0 Å². The molecule has 0 heterocycles. The smallest absolute Gasteiger partial charge is 0.233 e. The first-order valence-electron chi connectivity index (χ1n) is 5.34. The molecule has 82 valence electrons. The van der Waals surface area contributed by atoms with Gasteiger partial charge in [0.15, 0.2) is 0 Å². The Morgan fingerprint density at radius 3 is 2.86 bits per heavy atom. The van der Waals surface area contributed by atoms with E-state index < -0.39 is 0 Å². The molecule has 1 atom stereocenters. The lowest BCUT2D eigenvalue weighted by Gasteiger charge is -2.07. The van der Waals surface area contributed by atoms with E-state index in [0.717, 1.165) is 12.5 Å². The summed E-state index contributed by atoms with van der Waals surface area (Å²) in [6.45, 7) is 3.62. The highest BCUT2D eigenvalue weighted by Crippen LogP contribution is 2.27. The summed E-state index contributed by atoms with van der Waals surface area (Å²) < 4.78 is 0. The standard InChI is InChI=1S/C10H20N2O2/c1-8(13)4-5-11-7-10(14)12-6-9-2-3-9/h8-9,11,13H,2-7H2,1H3,(H,12,14). The molecule has 3 N–H and O–H groups in total. The van der Waals surface area contributed by atoms with Crippen molar-refractivity contribution in [3.8, 4) is 0 Å². The van der Waals surface area contributed by atoms with E-state index in [1.165, 1.54) is 12.8 Å². The van der Waals surface area contributed by atoms with Crippen molar-refractivity contribution in [1.82, 2.24) is 10.6 Å². The van der Waals surface area contributed by atoms with Crippen LogP contribution in [0.4, 0.5) is 0 Å². The van der Waals surface area contributed by atoms with Crippen molar-refractivity contribution < 1.29 is 9.90 Å². The molecule has 0 spiro atoms. The summed E-state index contributed by atoms with van der Waals surface area (Å²) in [6, 6.07) is 0. The first-order chi connectivity index (χ1) is 6.68. The third-order valence-electron chi connectivity index (χ3n) is 2.31. The van der Waals surface area contributed by atoms with Crippen LogP contribution in [0.2, 0.25) is 0 Å². The van der Waals surface area contributed by atoms with Gasteiger partial charge in [-0.3, -0.25) is 4.79 Å². The highest BCUT2D eigenvalue weighted by Gasteiger charge is 2.21. The molecule has 1 fully saturated rings. The Bertz CT molecular complexity index is 179. The third-order valence-corrected chi connectivity index (χ3v) is 2.31. The van der Waals surface area contributed by atoms with Crippen molar-refractivity contribution in [2.45, 2.75) is 32.3 Å². The lowest BCUT2D eigenvalue weighted by Crippen LogP contribution is -2.35. The maximum atomic E-state index is 11.2. The highest BCUT2D eigenvalue weighted by molar-refractivity contribution is 5.77. The van der Waals surface area contributed by atoms with Gasteiger partial charge >= 0.3 is 0 Å². The molecular formula is C10H20N2O2. The second-order valence-corrected chi connectivity index (χ2v) is 4.06. The van der Waals surface area contributed by atoms with Crippen LogP contribution in [0.3, 0.4) is 0 Å². The average Bonchev–Trinajstić information content (AvgIpc) is 2.92. The fourth-order valence-corrected chi connectivity index (χ4v) is 1.16. The lowest BCUT2D eigenvalue weighted by atomic mass is 10.3. The number of hydrogen-bond acceptors (Lipinski definition) is 3. The molecule has 0 aromatic carbocycles. The van der Waals surface area contributed by atoms with Crippen molar-refractivity contribution in [2.24, 2.45) is 5.92 Å². The molecular weight excluding hydrogens is 180 g/mol.